The summed E-state index contributed by atoms with van der Waals surface area (Å²) in [5, 5.41) is 0. The molecule has 1 aromatic rings. The Morgan fingerprint density at radius 3 is 2.94 bits per heavy atom. The number of likely N-dealkylation sites (tertiary alicyclic amines) is 1. The predicted molar refractivity (Wildman–Crippen MR) is 64.8 cm³/mol. The van der Waals surface area contributed by atoms with Gasteiger partial charge in [0, 0.05) is 25.3 Å². The van der Waals surface area contributed by atoms with Crippen molar-refractivity contribution in [2.45, 2.75) is 12.5 Å². The van der Waals surface area contributed by atoms with Gasteiger partial charge >= 0.3 is 0 Å². The van der Waals surface area contributed by atoms with E-state index < -0.39 is 0 Å². The normalized spacial score (nSPS) is 20.4. The third-order valence-electron chi connectivity index (χ3n) is 2.63. The Hall–Kier alpha value is -0.970. The molecule has 1 aliphatic rings. The summed E-state index contributed by atoms with van der Waals surface area (Å²) in [6, 6.07) is 5.61. The second kappa shape index (κ2) is 5.94. The topological polar surface area (TPSA) is 59.2 Å². The van der Waals surface area contributed by atoms with Crippen molar-refractivity contribution in [3.05, 3.63) is 30.1 Å². The van der Waals surface area contributed by atoms with Gasteiger partial charge in [-0.2, -0.15) is 0 Å². The number of aromatic nitrogens is 1. The number of carbonyl (C=O) groups excluding carboxylic acids is 1. The SMILES string of the molecule is Cl.N[C@H]1CCN(CC(=O)c2ccccn2)C1. The number of hydrogen-bond acceptors (Lipinski definition) is 4. The molecule has 0 amide bonds. The van der Waals surface area contributed by atoms with Crippen molar-refractivity contribution >= 4 is 18.2 Å². The fourth-order valence-electron chi connectivity index (χ4n) is 1.82. The second-order valence-corrected chi connectivity index (χ2v) is 3.92. The monoisotopic (exact) mass is 241 g/mol. The van der Waals surface area contributed by atoms with Crippen LogP contribution in [0.15, 0.2) is 24.4 Å². The summed E-state index contributed by atoms with van der Waals surface area (Å²) in [6.45, 7) is 2.17. The van der Waals surface area contributed by atoms with Crippen molar-refractivity contribution in [3.8, 4) is 0 Å². The number of ketones is 1. The first-order chi connectivity index (χ1) is 7.25. The van der Waals surface area contributed by atoms with E-state index in [9.17, 15) is 4.79 Å². The van der Waals surface area contributed by atoms with Gasteiger partial charge in [0.2, 0.25) is 0 Å². The molecule has 1 atom stereocenters. The minimum Gasteiger partial charge on any atom is -0.326 e. The van der Waals surface area contributed by atoms with Gasteiger partial charge in [-0.1, -0.05) is 6.07 Å². The van der Waals surface area contributed by atoms with E-state index in [1.807, 2.05) is 12.1 Å². The Bertz CT molecular complexity index is 344. The molecule has 0 spiro atoms. The molecule has 0 aromatic carbocycles. The molecule has 1 saturated heterocycles. The first kappa shape index (κ1) is 13.1. The average Bonchev–Trinajstić information content (AvgIpc) is 2.65. The Labute approximate surface area is 101 Å². The first-order valence-corrected chi connectivity index (χ1v) is 5.18. The maximum atomic E-state index is 11.8. The third kappa shape index (κ3) is 3.27. The standard InChI is InChI=1S/C11H15N3O.ClH/c12-9-4-6-14(7-9)8-11(15)10-3-1-2-5-13-10;/h1-3,5,9H,4,6-8,12H2;1H/t9-;/m0./s1. The zero-order chi connectivity index (χ0) is 10.7. The van der Waals surface area contributed by atoms with Crippen LogP contribution >= 0.6 is 12.4 Å². The van der Waals surface area contributed by atoms with Gasteiger partial charge in [-0.25, -0.2) is 0 Å². The smallest absolute Gasteiger partial charge is 0.195 e. The molecular weight excluding hydrogens is 226 g/mol. The Kier molecular flexibility index (Phi) is 4.86. The molecule has 0 aliphatic carbocycles. The van der Waals surface area contributed by atoms with Gasteiger partial charge in [0.25, 0.3) is 0 Å². The number of carbonyl (C=O) groups is 1. The van der Waals surface area contributed by atoms with E-state index in [1.165, 1.54) is 0 Å². The zero-order valence-corrected chi connectivity index (χ0v) is 9.82. The van der Waals surface area contributed by atoms with Crippen LogP contribution in [0.1, 0.15) is 16.9 Å². The molecule has 2 N–H and O–H groups in total. The fourth-order valence-corrected chi connectivity index (χ4v) is 1.82. The molecular formula is C11H16ClN3O. The first-order valence-electron chi connectivity index (χ1n) is 5.18. The number of Topliss-reactive ketones (excluding diaryl/α,β-unsaturated/α-hetero) is 1. The van der Waals surface area contributed by atoms with Crippen molar-refractivity contribution in [1.82, 2.24) is 9.88 Å². The number of halogens is 1. The lowest BCUT2D eigenvalue weighted by atomic mass is 10.2. The minimum atomic E-state index is 0. The highest BCUT2D eigenvalue weighted by molar-refractivity contribution is 5.95. The summed E-state index contributed by atoms with van der Waals surface area (Å²) in [7, 11) is 0. The Morgan fingerprint density at radius 1 is 1.56 bits per heavy atom. The Morgan fingerprint density at radius 2 is 2.38 bits per heavy atom. The molecule has 0 saturated carbocycles. The number of hydrogen-bond donors (Lipinski definition) is 1. The number of nitrogens with two attached hydrogens (primary N) is 1. The predicted octanol–water partition coefficient (Wildman–Crippen LogP) is 0.719. The molecule has 88 valence electrons. The maximum absolute atomic E-state index is 11.8. The van der Waals surface area contributed by atoms with E-state index in [0.29, 0.717) is 12.2 Å². The van der Waals surface area contributed by atoms with E-state index >= 15 is 0 Å². The quantitative estimate of drug-likeness (QED) is 0.793. The van der Waals surface area contributed by atoms with Gasteiger partial charge in [-0.15, -0.1) is 12.4 Å². The molecule has 1 fully saturated rings. The van der Waals surface area contributed by atoms with Gasteiger partial charge in [0.05, 0.1) is 6.54 Å². The van der Waals surface area contributed by atoms with Crippen molar-refractivity contribution < 1.29 is 4.79 Å². The largest absolute Gasteiger partial charge is 0.326 e. The molecule has 0 bridgehead atoms. The van der Waals surface area contributed by atoms with Crippen LogP contribution in [-0.2, 0) is 0 Å². The molecule has 0 radical (unpaired) electrons. The molecule has 16 heavy (non-hydrogen) atoms. The number of nitrogens with zero attached hydrogens (tertiary/aromatic N) is 2. The fraction of sp³-hybridized carbons (Fsp3) is 0.455. The molecule has 1 aliphatic heterocycles. The lowest BCUT2D eigenvalue weighted by Gasteiger charge is -2.13. The highest BCUT2D eigenvalue weighted by Crippen LogP contribution is 2.07. The third-order valence-corrected chi connectivity index (χ3v) is 2.63. The van der Waals surface area contributed by atoms with Crippen LogP contribution in [0.5, 0.6) is 0 Å². The molecule has 0 unspecified atom stereocenters. The second-order valence-electron chi connectivity index (χ2n) is 3.92. The van der Waals surface area contributed by atoms with Crippen molar-refractivity contribution in [1.29, 1.82) is 0 Å². The van der Waals surface area contributed by atoms with Crippen molar-refractivity contribution in [2.75, 3.05) is 19.6 Å². The molecule has 5 heteroatoms. The van der Waals surface area contributed by atoms with Crippen LogP contribution in [0.3, 0.4) is 0 Å². The van der Waals surface area contributed by atoms with Gasteiger partial charge in [-0.05, 0) is 18.6 Å². The summed E-state index contributed by atoms with van der Waals surface area (Å²) in [5.74, 6) is 0.0738. The van der Waals surface area contributed by atoms with Crippen LogP contribution < -0.4 is 5.73 Å². The van der Waals surface area contributed by atoms with Gasteiger partial charge in [0.15, 0.2) is 5.78 Å². The van der Waals surface area contributed by atoms with Gasteiger partial charge < -0.3 is 5.73 Å². The number of pyridine rings is 1. The molecule has 1 aromatic heterocycles. The summed E-state index contributed by atoms with van der Waals surface area (Å²) in [4.78, 5) is 17.9. The number of rotatable bonds is 3. The van der Waals surface area contributed by atoms with E-state index in [4.69, 9.17) is 5.73 Å². The summed E-state index contributed by atoms with van der Waals surface area (Å²) < 4.78 is 0. The van der Waals surface area contributed by atoms with E-state index in [1.54, 1.807) is 12.3 Å². The minimum absolute atomic E-state index is 0. The van der Waals surface area contributed by atoms with Crippen molar-refractivity contribution in [3.63, 3.8) is 0 Å². The van der Waals surface area contributed by atoms with Crippen LogP contribution in [-0.4, -0.2) is 41.3 Å². The molecule has 2 rings (SSSR count). The van der Waals surface area contributed by atoms with E-state index in [2.05, 4.69) is 9.88 Å². The Balaban J connectivity index is 0.00000128. The van der Waals surface area contributed by atoms with Gasteiger partial charge in [0.1, 0.15) is 5.69 Å². The lowest BCUT2D eigenvalue weighted by molar-refractivity contribution is 0.0940. The maximum Gasteiger partial charge on any atom is 0.195 e. The zero-order valence-electron chi connectivity index (χ0n) is 9.00. The summed E-state index contributed by atoms with van der Waals surface area (Å²) >= 11 is 0. The highest BCUT2D eigenvalue weighted by atomic mass is 35.5. The summed E-state index contributed by atoms with van der Waals surface area (Å²) in [6.07, 6.45) is 2.62. The van der Waals surface area contributed by atoms with Crippen LogP contribution in [0.25, 0.3) is 0 Å². The van der Waals surface area contributed by atoms with Crippen LogP contribution in [0.4, 0.5) is 0 Å². The highest BCUT2D eigenvalue weighted by Gasteiger charge is 2.21. The van der Waals surface area contributed by atoms with Crippen molar-refractivity contribution in [2.24, 2.45) is 5.73 Å². The summed E-state index contributed by atoms with van der Waals surface area (Å²) in [5.41, 5.74) is 6.31. The average molecular weight is 242 g/mol. The van der Waals surface area contributed by atoms with E-state index in [0.717, 1.165) is 19.5 Å². The molecule has 4 nitrogen and oxygen atoms in total. The van der Waals surface area contributed by atoms with Crippen LogP contribution in [0.2, 0.25) is 0 Å². The molecule has 2 heterocycles. The van der Waals surface area contributed by atoms with E-state index in [-0.39, 0.29) is 24.2 Å². The van der Waals surface area contributed by atoms with Crippen LogP contribution in [0, 0.1) is 0 Å². The van der Waals surface area contributed by atoms with Gasteiger partial charge in [-0.3, -0.25) is 14.7 Å². The lowest BCUT2D eigenvalue weighted by Crippen LogP contribution is -2.31.